The van der Waals surface area contributed by atoms with Crippen LogP contribution in [0.2, 0.25) is 0 Å². The summed E-state index contributed by atoms with van der Waals surface area (Å²) in [5, 5.41) is 4.36. The van der Waals surface area contributed by atoms with Gasteiger partial charge in [-0.3, -0.25) is 5.32 Å². The van der Waals surface area contributed by atoms with E-state index in [1.54, 1.807) is 11.1 Å². The third-order valence-electron chi connectivity index (χ3n) is 3.64. The van der Waals surface area contributed by atoms with E-state index in [2.05, 4.69) is 10.3 Å². The van der Waals surface area contributed by atoms with E-state index in [4.69, 9.17) is 9.47 Å². The molecule has 2 heterocycles. The summed E-state index contributed by atoms with van der Waals surface area (Å²) in [7, 11) is 0. The van der Waals surface area contributed by atoms with Gasteiger partial charge in [0.15, 0.2) is 0 Å². The molecule has 2 rings (SSSR count). The highest BCUT2D eigenvalue weighted by Gasteiger charge is 2.29. The van der Waals surface area contributed by atoms with Gasteiger partial charge in [-0.2, -0.15) is 0 Å². The molecule has 0 aromatic carbocycles. The maximum absolute atomic E-state index is 12.1. The number of carbonyl (C=O) groups is 2. The Morgan fingerprint density at radius 2 is 1.69 bits per heavy atom. The molecular formula is C18H29N3O4S. The van der Waals surface area contributed by atoms with Crippen molar-refractivity contribution in [3.8, 4) is 0 Å². The third-order valence-corrected chi connectivity index (χ3v) is 4.72. The lowest BCUT2D eigenvalue weighted by molar-refractivity contribution is 0.0204. The van der Waals surface area contributed by atoms with Gasteiger partial charge >= 0.3 is 12.2 Å². The van der Waals surface area contributed by atoms with Gasteiger partial charge in [0.2, 0.25) is 0 Å². The van der Waals surface area contributed by atoms with Crippen LogP contribution in [0.5, 0.6) is 0 Å². The van der Waals surface area contributed by atoms with Gasteiger partial charge in [0, 0.05) is 19.0 Å². The fraction of sp³-hybridized carbons (Fsp3) is 0.722. The molecule has 2 amide bonds. The maximum atomic E-state index is 12.1. The minimum atomic E-state index is -0.536. The summed E-state index contributed by atoms with van der Waals surface area (Å²) >= 11 is 1.46. The summed E-state index contributed by atoms with van der Waals surface area (Å²) in [4.78, 5) is 30.1. The smallest absolute Gasteiger partial charge is 0.412 e. The summed E-state index contributed by atoms with van der Waals surface area (Å²) in [6.45, 7) is 12.4. The SMILES string of the molecule is CC(C)(C)OC(=O)Nc1cnc(C2CCN(C(=O)OC(C)(C)C)CC2)s1. The van der Waals surface area contributed by atoms with Gasteiger partial charge in [-0.25, -0.2) is 14.6 Å². The Kier molecular flexibility index (Phi) is 6.16. The Morgan fingerprint density at radius 3 is 2.23 bits per heavy atom. The molecule has 7 nitrogen and oxygen atoms in total. The lowest BCUT2D eigenvalue weighted by atomic mass is 9.98. The van der Waals surface area contributed by atoms with Crippen LogP contribution in [0, 0.1) is 0 Å². The van der Waals surface area contributed by atoms with Crippen molar-refractivity contribution in [2.24, 2.45) is 0 Å². The Bertz CT molecular complexity index is 638. The molecule has 26 heavy (non-hydrogen) atoms. The number of amides is 2. The molecule has 0 bridgehead atoms. The van der Waals surface area contributed by atoms with Crippen LogP contribution >= 0.6 is 11.3 Å². The van der Waals surface area contributed by atoms with E-state index in [9.17, 15) is 9.59 Å². The number of likely N-dealkylation sites (tertiary alicyclic amines) is 1. The van der Waals surface area contributed by atoms with Gasteiger partial charge in [-0.15, -0.1) is 11.3 Å². The summed E-state index contributed by atoms with van der Waals surface area (Å²) in [6.07, 6.45) is 2.58. The average Bonchev–Trinajstić information content (AvgIpc) is 2.92. The standard InChI is InChI=1S/C18H29N3O4S/c1-17(2,3)24-15(22)20-13-11-19-14(26-13)12-7-9-21(10-8-12)16(23)25-18(4,5)6/h11-12H,7-10H2,1-6H3,(H,20,22). The van der Waals surface area contributed by atoms with E-state index in [0.29, 0.717) is 18.1 Å². The molecule has 1 fully saturated rings. The fourth-order valence-corrected chi connectivity index (χ4v) is 3.55. The number of thiazole rings is 1. The second-order valence-corrected chi connectivity index (χ2v) is 9.49. The van der Waals surface area contributed by atoms with Crippen molar-refractivity contribution in [3.63, 3.8) is 0 Å². The molecule has 0 radical (unpaired) electrons. The molecule has 8 heteroatoms. The number of ether oxygens (including phenoxy) is 2. The topological polar surface area (TPSA) is 80.8 Å². The number of hydrogen-bond acceptors (Lipinski definition) is 6. The summed E-state index contributed by atoms with van der Waals surface area (Å²) in [5.41, 5.74) is -1.02. The Labute approximate surface area is 159 Å². The molecule has 0 spiro atoms. The minimum absolute atomic E-state index is 0.262. The number of hydrogen-bond donors (Lipinski definition) is 1. The van der Waals surface area contributed by atoms with Gasteiger partial charge in [-0.05, 0) is 54.4 Å². The molecule has 1 saturated heterocycles. The number of carbonyl (C=O) groups excluding carboxylic acids is 2. The summed E-state index contributed by atoms with van der Waals surface area (Å²) < 4.78 is 10.7. The first-order valence-corrected chi connectivity index (χ1v) is 9.68. The van der Waals surface area contributed by atoms with Gasteiger partial charge in [0.05, 0.1) is 11.2 Å². The van der Waals surface area contributed by atoms with Crippen LogP contribution in [0.15, 0.2) is 6.20 Å². The van der Waals surface area contributed by atoms with Crippen molar-refractivity contribution in [1.82, 2.24) is 9.88 Å². The lowest BCUT2D eigenvalue weighted by Crippen LogP contribution is -2.41. The molecule has 146 valence electrons. The first-order valence-electron chi connectivity index (χ1n) is 8.86. The van der Waals surface area contributed by atoms with Crippen molar-refractivity contribution < 1.29 is 19.1 Å². The molecule has 1 aromatic heterocycles. The van der Waals surface area contributed by atoms with Crippen molar-refractivity contribution in [3.05, 3.63) is 11.2 Å². The second-order valence-electron chi connectivity index (χ2n) is 8.43. The van der Waals surface area contributed by atoms with Crippen LogP contribution in [0.3, 0.4) is 0 Å². The average molecular weight is 384 g/mol. The van der Waals surface area contributed by atoms with E-state index in [-0.39, 0.29) is 12.0 Å². The van der Waals surface area contributed by atoms with Crippen LogP contribution in [0.4, 0.5) is 14.6 Å². The Hall–Kier alpha value is -1.83. The number of nitrogens with one attached hydrogen (secondary N) is 1. The third kappa shape index (κ3) is 6.48. The number of piperidine rings is 1. The molecule has 1 aliphatic rings. The molecule has 1 aliphatic heterocycles. The highest BCUT2D eigenvalue weighted by molar-refractivity contribution is 7.15. The Balaban J connectivity index is 1.86. The van der Waals surface area contributed by atoms with Gasteiger partial charge in [0.1, 0.15) is 16.2 Å². The second kappa shape index (κ2) is 7.82. The predicted octanol–water partition coefficient (Wildman–Crippen LogP) is 4.60. The van der Waals surface area contributed by atoms with Crippen molar-refractivity contribution in [2.45, 2.75) is 71.5 Å². The molecular weight excluding hydrogens is 354 g/mol. The van der Waals surface area contributed by atoms with E-state index in [0.717, 1.165) is 17.8 Å². The first kappa shape index (κ1) is 20.5. The van der Waals surface area contributed by atoms with Crippen molar-refractivity contribution >= 4 is 28.5 Å². The monoisotopic (exact) mass is 383 g/mol. The molecule has 0 saturated carbocycles. The van der Waals surface area contributed by atoms with Crippen LogP contribution in [0.1, 0.15) is 65.3 Å². The molecule has 1 N–H and O–H groups in total. The van der Waals surface area contributed by atoms with E-state index in [1.165, 1.54) is 11.3 Å². The summed E-state index contributed by atoms with van der Waals surface area (Å²) in [5.74, 6) is 0.285. The number of rotatable bonds is 2. The highest BCUT2D eigenvalue weighted by atomic mass is 32.1. The zero-order valence-corrected chi connectivity index (χ0v) is 17.2. The van der Waals surface area contributed by atoms with E-state index < -0.39 is 17.3 Å². The first-order chi connectivity index (χ1) is 11.9. The van der Waals surface area contributed by atoms with E-state index >= 15 is 0 Å². The molecule has 0 atom stereocenters. The van der Waals surface area contributed by atoms with E-state index in [1.807, 2.05) is 41.5 Å². The maximum Gasteiger partial charge on any atom is 0.412 e. The van der Waals surface area contributed by atoms with Gasteiger partial charge < -0.3 is 14.4 Å². The molecule has 0 unspecified atom stereocenters. The zero-order chi connectivity index (χ0) is 19.5. The van der Waals surface area contributed by atoms with Crippen LogP contribution in [0.25, 0.3) is 0 Å². The zero-order valence-electron chi connectivity index (χ0n) is 16.4. The quantitative estimate of drug-likeness (QED) is 0.807. The number of nitrogens with zero attached hydrogens (tertiary/aromatic N) is 2. The van der Waals surface area contributed by atoms with Gasteiger partial charge in [-0.1, -0.05) is 0 Å². The van der Waals surface area contributed by atoms with Crippen LogP contribution < -0.4 is 5.32 Å². The van der Waals surface area contributed by atoms with Crippen LogP contribution in [-0.2, 0) is 9.47 Å². The van der Waals surface area contributed by atoms with Gasteiger partial charge in [0.25, 0.3) is 0 Å². The molecule has 1 aromatic rings. The largest absolute Gasteiger partial charge is 0.444 e. The van der Waals surface area contributed by atoms with Crippen molar-refractivity contribution in [1.29, 1.82) is 0 Å². The number of anilines is 1. The highest BCUT2D eigenvalue weighted by Crippen LogP contribution is 2.33. The minimum Gasteiger partial charge on any atom is -0.444 e. The molecule has 0 aliphatic carbocycles. The fourth-order valence-electron chi connectivity index (χ4n) is 2.57. The predicted molar refractivity (Wildman–Crippen MR) is 102 cm³/mol. The Morgan fingerprint density at radius 1 is 1.12 bits per heavy atom. The van der Waals surface area contributed by atoms with Crippen LogP contribution in [-0.4, -0.2) is 46.4 Å². The lowest BCUT2D eigenvalue weighted by Gasteiger charge is -2.32. The normalized spacial score (nSPS) is 16.3. The summed E-state index contributed by atoms with van der Waals surface area (Å²) in [6, 6.07) is 0. The van der Waals surface area contributed by atoms with Crippen molar-refractivity contribution in [2.75, 3.05) is 18.4 Å². The number of aromatic nitrogens is 1.